The van der Waals surface area contributed by atoms with Crippen LogP contribution in [0.3, 0.4) is 0 Å². The van der Waals surface area contributed by atoms with E-state index in [1.165, 1.54) is 75.8 Å². The number of benzene rings is 11. The van der Waals surface area contributed by atoms with Crippen LogP contribution >= 0.6 is 0 Å². The van der Waals surface area contributed by atoms with Gasteiger partial charge in [0.1, 0.15) is 11.2 Å². The van der Waals surface area contributed by atoms with Crippen LogP contribution in [-0.4, -0.2) is 0 Å². The number of hydrogen-bond donors (Lipinski definition) is 0. The lowest BCUT2D eigenvalue weighted by Crippen LogP contribution is -2.11. The number of furan rings is 1. The summed E-state index contributed by atoms with van der Waals surface area (Å²) in [5, 5.41) is 17.5. The first-order valence-corrected chi connectivity index (χ1v) is 20.7. The average molecular weight is 762 g/mol. The smallest absolute Gasteiger partial charge is 0.135 e. The van der Waals surface area contributed by atoms with E-state index in [-0.39, 0.29) is 0 Å². The molecule has 0 fully saturated rings. The molecule has 1 aromatic heterocycles. The quantitative estimate of drug-likeness (QED) is 0.162. The van der Waals surface area contributed by atoms with Crippen molar-refractivity contribution in [3.63, 3.8) is 0 Å². The summed E-state index contributed by atoms with van der Waals surface area (Å²) in [4.78, 5) is 2.46. The van der Waals surface area contributed by atoms with E-state index in [0.29, 0.717) is 0 Å². The van der Waals surface area contributed by atoms with Gasteiger partial charge in [-0.1, -0.05) is 164 Å². The second kappa shape index (κ2) is 12.8. The summed E-state index contributed by atoms with van der Waals surface area (Å²) in [5.74, 6) is 0. The Morgan fingerprint density at radius 1 is 0.283 bits per heavy atom. The molecule has 0 unspecified atom stereocenters. The molecule has 0 aliphatic carbocycles. The van der Waals surface area contributed by atoms with Crippen LogP contribution in [0.25, 0.3) is 109 Å². The molecule has 0 amide bonds. The molecule has 0 saturated heterocycles. The van der Waals surface area contributed by atoms with E-state index in [9.17, 15) is 0 Å². The molecule has 0 radical (unpaired) electrons. The molecule has 0 bridgehead atoms. The Morgan fingerprint density at radius 2 is 0.833 bits per heavy atom. The molecule has 12 aromatic carbocycles. The maximum absolute atomic E-state index is 6.18. The predicted octanol–water partition coefficient (Wildman–Crippen LogP) is 16.7. The Hall–Kier alpha value is -7.94. The van der Waals surface area contributed by atoms with Gasteiger partial charge in [-0.05, 0) is 130 Å². The molecule has 1 heterocycles. The molecule has 0 N–H and O–H groups in total. The SMILES string of the molecule is c1ccc(-c2ccccc2N(c2ccc(-c3ccc4oc5ccccc5c4c3)cc2)c2cc3ccc4cccc5c6cccc7ccc8cccc(c(c2)c3c45)c8c76)cc1. The normalized spacial score (nSPS) is 12.0. The molecule has 13 aromatic rings. The Morgan fingerprint density at radius 3 is 1.55 bits per heavy atom. The van der Waals surface area contributed by atoms with Gasteiger partial charge in [-0.15, -0.1) is 0 Å². The lowest BCUT2D eigenvalue weighted by atomic mass is 9.87. The van der Waals surface area contributed by atoms with Crippen LogP contribution < -0.4 is 4.90 Å². The van der Waals surface area contributed by atoms with Gasteiger partial charge in [0.25, 0.3) is 0 Å². The van der Waals surface area contributed by atoms with Gasteiger partial charge in [-0.2, -0.15) is 0 Å². The minimum Gasteiger partial charge on any atom is -0.456 e. The van der Waals surface area contributed by atoms with Crippen molar-refractivity contribution in [2.24, 2.45) is 0 Å². The maximum atomic E-state index is 6.18. The summed E-state index contributed by atoms with van der Waals surface area (Å²) in [6.07, 6.45) is 0. The lowest BCUT2D eigenvalue weighted by molar-refractivity contribution is 0.669. The minimum atomic E-state index is 0.905. The van der Waals surface area contributed by atoms with E-state index in [1.54, 1.807) is 0 Å². The summed E-state index contributed by atoms with van der Waals surface area (Å²) in [5.41, 5.74) is 9.78. The van der Waals surface area contributed by atoms with E-state index >= 15 is 0 Å². The monoisotopic (exact) mass is 761 g/mol. The zero-order valence-corrected chi connectivity index (χ0v) is 32.6. The van der Waals surface area contributed by atoms with Crippen molar-refractivity contribution in [1.82, 2.24) is 0 Å². The molecule has 2 heteroatoms. The summed E-state index contributed by atoms with van der Waals surface area (Å²) in [7, 11) is 0. The molecule has 60 heavy (non-hydrogen) atoms. The number of fused-ring (bicyclic) bond motifs is 5. The highest BCUT2D eigenvalue weighted by Crippen LogP contribution is 2.48. The van der Waals surface area contributed by atoms with Crippen LogP contribution in [-0.2, 0) is 0 Å². The van der Waals surface area contributed by atoms with E-state index in [2.05, 4.69) is 205 Å². The zero-order chi connectivity index (χ0) is 39.3. The highest BCUT2D eigenvalue weighted by atomic mass is 16.3. The van der Waals surface area contributed by atoms with Crippen molar-refractivity contribution >= 4 is 104 Å². The fourth-order valence-electron chi connectivity index (χ4n) is 10.1. The van der Waals surface area contributed by atoms with Crippen LogP contribution in [0.5, 0.6) is 0 Å². The third-order valence-electron chi connectivity index (χ3n) is 12.7. The Kier molecular flexibility index (Phi) is 7.05. The molecular formula is C58H35NO. The molecular weight excluding hydrogens is 727 g/mol. The fraction of sp³-hybridized carbons (Fsp3) is 0. The second-order valence-corrected chi connectivity index (χ2v) is 16.0. The molecule has 2 nitrogen and oxygen atoms in total. The predicted molar refractivity (Wildman–Crippen MR) is 255 cm³/mol. The molecule has 0 spiro atoms. The second-order valence-electron chi connectivity index (χ2n) is 16.0. The number of nitrogens with zero attached hydrogens (tertiary/aromatic N) is 1. The lowest BCUT2D eigenvalue weighted by Gasteiger charge is -2.29. The van der Waals surface area contributed by atoms with Gasteiger partial charge in [-0.3, -0.25) is 0 Å². The van der Waals surface area contributed by atoms with Crippen LogP contribution in [0.15, 0.2) is 217 Å². The first-order valence-electron chi connectivity index (χ1n) is 20.7. The van der Waals surface area contributed by atoms with E-state index in [1.807, 2.05) is 12.1 Å². The number of hydrogen-bond acceptors (Lipinski definition) is 2. The van der Waals surface area contributed by atoms with E-state index in [0.717, 1.165) is 50.1 Å². The summed E-state index contributed by atoms with van der Waals surface area (Å²) >= 11 is 0. The van der Waals surface area contributed by atoms with Gasteiger partial charge < -0.3 is 9.32 Å². The van der Waals surface area contributed by atoms with E-state index in [4.69, 9.17) is 4.42 Å². The Bertz CT molecular complexity index is 3820. The molecule has 278 valence electrons. The number of rotatable bonds is 5. The van der Waals surface area contributed by atoms with Crippen LogP contribution in [0.2, 0.25) is 0 Å². The first kappa shape index (κ1) is 33.1. The van der Waals surface area contributed by atoms with Crippen molar-refractivity contribution in [2.75, 3.05) is 4.90 Å². The van der Waals surface area contributed by atoms with Crippen LogP contribution in [0.1, 0.15) is 0 Å². The zero-order valence-electron chi connectivity index (χ0n) is 32.6. The summed E-state index contributed by atoms with van der Waals surface area (Å²) in [6.45, 7) is 0. The molecule has 13 rings (SSSR count). The highest BCUT2D eigenvalue weighted by Gasteiger charge is 2.21. The maximum Gasteiger partial charge on any atom is 0.135 e. The largest absolute Gasteiger partial charge is 0.456 e. The van der Waals surface area contributed by atoms with Crippen molar-refractivity contribution in [2.45, 2.75) is 0 Å². The fourth-order valence-corrected chi connectivity index (χ4v) is 10.1. The first-order chi connectivity index (χ1) is 29.7. The van der Waals surface area contributed by atoms with E-state index < -0.39 is 0 Å². The number of anilines is 3. The van der Waals surface area contributed by atoms with Gasteiger partial charge in [0, 0.05) is 27.7 Å². The molecule has 0 atom stereocenters. The molecule has 0 saturated carbocycles. The van der Waals surface area contributed by atoms with Crippen molar-refractivity contribution in [3.8, 4) is 22.3 Å². The third kappa shape index (κ3) is 4.88. The minimum absolute atomic E-state index is 0.905. The van der Waals surface area contributed by atoms with Gasteiger partial charge in [0.15, 0.2) is 0 Å². The van der Waals surface area contributed by atoms with Crippen molar-refractivity contribution in [1.29, 1.82) is 0 Å². The van der Waals surface area contributed by atoms with Gasteiger partial charge in [-0.25, -0.2) is 0 Å². The van der Waals surface area contributed by atoms with Crippen molar-refractivity contribution in [3.05, 3.63) is 212 Å². The number of para-hydroxylation sites is 2. The average Bonchev–Trinajstić information content (AvgIpc) is 3.69. The Labute approximate surface area is 346 Å². The van der Waals surface area contributed by atoms with Gasteiger partial charge in [0.05, 0.1) is 5.69 Å². The van der Waals surface area contributed by atoms with Crippen LogP contribution in [0.4, 0.5) is 17.1 Å². The van der Waals surface area contributed by atoms with Crippen LogP contribution in [0, 0.1) is 0 Å². The summed E-state index contributed by atoms with van der Waals surface area (Å²) in [6, 6.07) is 77.9. The third-order valence-corrected chi connectivity index (χ3v) is 12.7. The topological polar surface area (TPSA) is 16.4 Å². The Balaban J connectivity index is 1.10. The highest BCUT2D eigenvalue weighted by molar-refractivity contribution is 6.37. The van der Waals surface area contributed by atoms with Gasteiger partial charge >= 0.3 is 0 Å². The molecule has 0 aliphatic rings. The molecule has 0 aliphatic heterocycles. The standard InChI is InChI=1S/C58H35NO/c1-2-11-37(12-3-1)45-16-4-6-21-52(45)59(43-30-27-36(28-31-43)41-29-32-54-50(34-41)46-17-5-7-22-53(46)60-54)44-33-42-26-25-40-14-9-19-48-47-18-8-13-38-23-24-39-15-10-20-49(57(39)55(38)47)51(35-44)58(42)56(40)48/h1-35H. The summed E-state index contributed by atoms with van der Waals surface area (Å²) < 4.78 is 6.18. The van der Waals surface area contributed by atoms with Crippen molar-refractivity contribution < 1.29 is 4.42 Å². The van der Waals surface area contributed by atoms with Gasteiger partial charge in [0.2, 0.25) is 0 Å².